The van der Waals surface area contributed by atoms with Gasteiger partial charge in [-0.05, 0) is 18.2 Å². The number of phenols is 1. The Morgan fingerprint density at radius 3 is 2.94 bits per heavy atom. The molecule has 4 nitrogen and oxygen atoms in total. The second kappa shape index (κ2) is 4.41. The first-order valence-electron chi connectivity index (χ1n) is 5.67. The van der Waals surface area contributed by atoms with E-state index < -0.39 is 0 Å². The molecule has 2 N–H and O–H groups in total. The zero-order valence-corrected chi connectivity index (χ0v) is 9.63. The summed E-state index contributed by atoms with van der Waals surface area (Å²) in [7, 11) is 0. The minimum Gasteiger partial charge on any atom is -0.508 e. The van der Waals surface area contributed by atoms with E-state index in [0.29, 0.717) is 6.54 Å². The highest BCUT2D eigenvalue weighted by Gasteiger charge is 2.05. The van der Waals surface area contributed by atoms with Crippen molar-refractivity contribution in [2.45, 2.75) is 6.54 Å². The van der Waals surface area contributed by atoms with Gasteiger partial charge < -0.3 is 14.8 Å². The summed E-state index contributed by atoms with van der Waals surface area (Å²) in [5.41, 5.74) is 1.63. The molecule has 0 atom stereocenters. The molecular formula is C14H12N2O2. The maximum atomic E-state index is 9.68. The Labute approximate surface area is 104 Å². The average molecular weight is 240 g/mol. The van der Waals surface area contributed by atoms with Crippen LogP contribution < -0.4 is 5.32 Å². The molecule has 0 saturated heterocycles. The molecule has 4 heteroatoms. The Kier molecular flexibility index (Phi) is 2.61. The number of hydrogen-bond donors (Lipinski definition) is 2. The van der Waals surface area contributed by atoms with Crippen LogP contribution in [0.4, 0.5) is 5.82 Å². The van der Waals surface area contributed by atoms with Crippen molar-refractivity contribution in [3.8, 4) is 5.75 Å². The minimum atomic E-state index is 0.282. The van der Waals surface area contributed by atoms with E-state index in [1.54, 1.807) is 24.6 Å². The summed E-state index contributed by atoms with van der Waals surface area (Å²) in [5, 5.41) is 13.8. The molecule has 0 radical (unpaired) electrons. The molecule has 90 valence electrons. The third-order valence-electron chi connectivity index (χ3n) is 2.82. The van der Waals surface area contributed by atoms with Gasteiger partial charge in [-0.2, -0.15) is 0 Å². The highest BCUT2D eigenvalue weighted by molar-refractivity contribution is 5.87. The van der Waals surface area contributed by atoms with Crippen molar-refractivity contribution in [3.63, 3.8) is 0 Å². The maximum absolute atomic E-state index is 9.68. The molecule has 2 aromatic heterocycles. The summed E-state index contributed by atoms with van der Waals surface area (Å²) in [4.78, 5) is 4.27. The van der Waals surface area contributed by atoms with Gasteiger partial charge in [-0.1, -0.05) is 18.2 Å². The van der Waals surface area contributed by atoms with Gasteiger partial charge >= 0.3 is 0 Å². The topological polar surface area (TPSA) is 58.3 Å². The van der Waals surface area contributed by atoms with Crippen molar-refractivity contribution < 1.29 is 9.52 Å². The maximum Gasteiger partial charge on any atom is 0.139 e. The molecule has 3 aromatic rings. The molecule has 3 rings (SSSR count). The van der Waals surface area contributed by atoms with Crippen LogP contribution in [0.1, 0.15) is 5.56 Å². The fourth-order valence-electron chi connectivity index (χ4n) is 1.87. The number of fused-ring (bicyclic) bond motifs is 1. The van der Waals surface area contributed by atoms with Gasteiger partial charge in [0.2, 0.25) is 0 Å². The van der Waals surface area contributed by atoms with E-state index in [-0.39, 0.29) is 5.75 Å². The standard InChI is InChI=1S/C14H12N2O2/c17-12-4-2-1-3-10(12)9-16-14-11-6-8-18-13(11)5-7-15-14/h1-8,17H,9H2,(H,15,16). The van der Waals surface area contributed by atoms with E-state index in [2.05, 4.69) is 10.3 Å². The second-order valence-electron chi connectivity index (χ2n) is 3.97. The molecular weight excluding hydrogens is 228 g/mol. The van der Waals surface area contributed by atoms with Crippen molar-refractivity contribution in [2.75, 3.05) is 5.32 Å². The van der Waals surface area contributed by atoms with Crippen molar-refractivity contribution in [1.82, 2.24) is 4.98 Å². The van der Waals surface area contributed by atoms with Gasteiger partial charge in [0.1, 0.15) is 17.2 Å². The van der Waals surface area contributed by atoms with Gasteiger partial charge in [0.15, 0.2) is 0 Å². The summed E-state index contributed by atoms with van der Waals surface area (Å²) in [5.74, 6) is 1.04. The number of nitrogens with zero attached hydrogens (tertiary/aromatic N) is 1. The normalized spacial score (nSPS) is 10.7. The third kappa shape index (κ3) is 1.88. The van der Waals surface area contributed by atoms with Crippen LogP contribution >= 0.6 is 0 Å². The first kappa shape index (κ1) is 10.7. The van der Waals surface area contributed by atoms with Crippen LogP contribution in [0.25, 0.3) is 11.0 Å². The number of hydrogen-bond acceptors (Lipinski definition) is 4. The minimum absolute atomic E-state index is 0.282. The summed E-state index contributed by atoms with van der Waals surface area (Å²) in [6.45, 7) is 0.518. The first-order chi connectivity index (χ1) is 8.84. The predicted molar refractivity (Wildman–Crippen MR) is 69.4 cm³/mol. The summed E-state index contributed by atoms with van der Waals surface area (Å²) >= 11 is 0. The van der Waals surface area contributed by atoms with Crippen molar-refractivity contribution in [2.24, 2.45) is 0 Å². The van der Waals surface area contributed by atoms with Crippen LogP contribution in [-0.2, 0) is 6.54 Å². The molecule has 0 amide bonds. The molecule has 0 aliphatic heterocycles. The molecule has 0 fully saturated rings. The zero-order chi connectivity index (χ0) is 12.4. The van der Waals surface area contributed by atoms with Gasteiger partial charge in [-0.3, -0.25) is 0 Å². The van der Waals surface area contributed by atoms with E-state index in [9.17, 15) is 5.11 Å². The van der Waals surface area contributed by atoms with Crippen LogP contribution in [0.5, 0.6) is 5.75 Å². The van der Waals surface area contributed by atoms with Gasteiger partial charge in [0.05, 0.1) is 11.6 Å². The third-order valence-corrected chi connectivity index (χ3v) is 2.82. The fraction of sp³-hybridized carbons (Fsp3) is 0.0714. The number of anilines is 1. The Hall–Kier alpha value is -2.49. The van der Waals surface area contributed by atoms with Gasteiger partial charge in [0, 0.05) is 18.3 Å². The molecule has 18 heavy (non-hydrogen) atoms. The summed E-state index contributed by atoms with van der Waals surface area (Å²) in [6.07, 6.45) is 3.33. The van der Waals surface area contributed by atoms with Crippen molar-refractivity contribution >= 4 is 16.8 Å². The summed E-state index contributed by atoms with van der Waals surface area (Å²) in [6, 6.07) is 10.9. The molecule has 0 bridgehead atoms. The molecule has 0 saturated carbocycles. The number of benzene rings is 1. The zero-order valence-electron chi connectivity index (χ0n) is 9.63. The fourth-order valence-corrected chi connectivity index (χ4v) is 1.87. The number of para-hydroxylation sites is 1. The monoisotopic (exact) mass is 240 g/mol. The van der Waals surface area contributed by atoms with Gasteiger partial charge in [-0.25, -0.2) is 4.98 Å². The first-order valence-corrected chi connectivity index (χ1v) is 5.67. The van der Waals surface area contributed by atoms with E-state index in [4.69, 9.17) is 4.42 Å². The molecule has 0 unspecified atom stereocenters. The lowest BCUT2D eigenvalue weighted by Crippen LogP contribution is -2.01. The summed E-state index contributed by atoms with van der Waals surface area (Å²) < 4.78 is 5.30. The lowest BCUT2D eigenvalue weighted by molar-refractivity contribution is 0.469. The highest BCUT2D eigenvalue weighted by Crippen LogP contribution is 2.23. The molecule has 2 heterocycles. The molecule has 0 aliphatic rings. The molecule has 1 aromatic carbocycles. The lowest BCUT2D eigenvalue weighted by Gasteiger charge is -2.07. The Morgan fingerprint density at radius 2 is 2.06 bits per heavy atom. The Balaban J connectivity index is 1.85. The predicted octanol–water partition coefficient (Wildman–Crippen LogP) is 3.15. The number of furan rings is 1. The van der Waals surface area contributed by atoms with Gasteiger partial charge in [-0.15, -0.1) is 0 Å². The Bertz CT molecular complexity index is 676. The van der Waals surface area contributed by atoms with Crippen LogP contribution in [0.3, 0.4) is 0 Å². The smallest absolute Gasteiger partial charge is 0.139 e. The number of pyridine rings is 1. The second-order valence-corrected chi connectivity index (χ2v) is 3.97. The van der Waals surface area contributed by atoms with E-state index >= 15 is 0 Å². The number of phenolic OH excluding ortho intramolecular Hbond substituents is 1. The largest absolute Gasteiger partial charge is 0.508 e. The molecule has 0 aliphatic carbocycles. The highest BCUT2D eigenvalue weighted by atomic mass is 16.3. The number of aromatic nitrogens is 1. The SMILES string of the molecule is Oc1ccccc1CNc1nccc2occc12. The van der Waals surface area contributed by atoms with Crippen molar-refractivity contribution in [1.29, 1.82) is 0 Å². The van der Waals surface area contributed by atoms with E-state index in [1.165, 1.54) is 0 Å². The van der Waals surface area contributed by atoms with E-state index in [1.807, 2.05) is 24.3 Å². The quantitative estimate of drug-likeness (QED) is 0.738. The van der Waals surface area contributed by atoms with E-state index in [0.717, 1.165) is 22.4 Å². The lowest BCUT2D eigenvalue weighted by atomic mass is 10.2. The van der Waals surface area contributed by atoms with Crippen LogP contribution in [-0.4, -0.2) is 10.1 Å². The number of rotatable bonds is 3. The Morgan fingerprint density at radius 1 is 1.17 bits per heavy atom. The average Bonchev–Trinajstić information content (AvgIpc) is 2.86. The molecule has 0 spiro atoms. The van der Waals surface area contributed by atoms with Crippen LogP contribution in [0.15, 0.2) is 53.3 Å². The van der Waals surface area contributed by atoms with Gasteiger partial charge in [0.25, 0.3) is 0 Å². The van der Waals surface area contributed by atoms with Crippen LogP contribution in [0, 0.1) is 0 Å². The number of nitrogens with one attached hydrogen (secondary N) is 1. The van der Waals surface area contributed by atoms with Crippen molar-refractivity contribution in [3.05, 3.63) is 54.4 Å². The van der Waals surface area contributed by atoms with Crippen LogP contribution in [0.2, 0.25) is 0 Å². The number of aromatic hydroxyl groups is 1.